The van der Waals surface area contributed by atoms with E-state index < -0.39 is 4.92 Å². The van der Waals surface area contributed by atoms with Crippen LogP contribution in [-0.4, -0.2) is 45.4 Å². The van der Waals surface area contributed by atoms with Gasteiger partial charge in [-0.15, -0.1) is 5.10 Å². The van der Waals surface area contributed by atoms with Gasteiger partial charge in [-0.3, -0.25) is 10.1 Å². The maximum absolute atomic E-state index is 10.7. The van der Waals surface area contributed by atoms with E-state index in [1.807, 2.05) is 6.92 Å². The molecule has 0 saturated heterocycles. The molecule has 112 valence electrons. The van der Waals surface area contributed by atoms with Crippen LogP contribution in [0.1, 0.15) is 18.8 Å². The summed E-state index contributed by atoms with van der Waals surface area (Å²) in [6.45, 7) is 3.19. The third-order valence-corrected chi connectivity index (χ3v) is 2.94. The van der Waals surface area contributed by atoms with Crippen LogP contribution >= 0.6 is 0 Å². The molecule has 9 nitrogen and oxygen atoms in total. The number of nitrogens with one attached hydrogen (secondary N) is 1. The lowest BCUT2D eigenvalue weighted by atomic mass is 10.2. The Labute approximate surface area is 121 Å². The minimum atomic E-state index is -0.445. The minimum Gasteiger partial charge on any atom is -0.383 e. The molecule has 0 spiro atoms. The van der Waals surface area contributed by atoms with E-state index in [2.05, 4.69) is 20.8 Å². The maximum atomic E-state index is 10.7. The molecule has 9 heteroatoms. The SMILES string of the molecule is COCCNC(C)c1nnnn1-c1ccc([N+](=O)[O-])cc1. The summed E-state index contributed by atoms with van der Waals surface area (Å²) in [5.41, 5.74) is 0.695. The van der Waals surface area contributed by atoms with Gasteiger partial charge in [0.05, 0.1) is 23.3 Å². The average Bonchev–Trinajstić information content (AvgIpc) is 2.97. The maximum Gasteiger partial charge on any atom is 0.269 e. The van der Waals surface area contributed by atoms with Gasteiger partial charge in [-0.1, -0.05) is 0 Å². The zero-order valence-corrected chi connectivity index (χ0v) is 11.8. The molecule has 21 heavy (non-hydrogen) atoms. The number of hydrogen-bond donors (Lipinski definition) is 1. The number of methoxy groups -OCH3 is 1. The molecule has 0 fully saturated rings. The second-order valence-electron chi connectivity index (χ2n) is 4.39. The normalized spacial score (nSPS) is 12.3. The number of rotatable bonds is 7. The summed E-state index contributed by atoms with van der Waals surface area (Å²) in [7, 11) is 1.63. The first-order chi connectivity index (χ1) is 10.1. The van der Waals surface area contributed by atoms with Crippen molar-refractivity contribution in [1.29, 1.82) is 0 Å². The van der Waals surface area contributed by atoms with Crippen LogP contribution in [-0.2, 0) is 4.74 Å². The summed E-state index contributed by atoms with van der Waals surface area (Å²) in [6.07, 6.45) is 0. The number of nitro benzene ring substituents is 1. The molecular weight excluding hydrogens is 276 g/mol. The number of non-ortho nitro benzene ring substituents is 1. The van der Waals surface area contributed by atoms with Gasteiger partial charge in [0.2, 0.25) is 0 Å². The third-order valence-electron chi connectivity index (χ3n) is 2.94. The van der Waals surface area contributed by atoms with Crippen molar-refractivity contribution < 1.29 is 9.66 Å². The summed E-state index contributed by atoms with van der Waals surface area (Å²) in [4.78, 5) is 10.2. The van der Waals surface area contributed by atoms with Crippen LogP contribution in [0.15, 0.2) is 24.3 Å². The molecule has 0 aliphatic carbocycles. The van der Waals surface area contributed by atoms with Crippen molar-refractivity contribution in [2.75, 3.05) is 20.3 Å². The Hall–Kier alpha value is -2.39. The number of benzene rings is 1. The van der Waals surface area contributed by atoms with Crippen LogP contribution < -0.4 is 5.32 Å². The molecule has 0 saturated carbocycles. The molecule has 1 heterocycles. The van der Waals surface area contributed by atoms with Crippen LogP contribution in [0.2, 0.25) is 0 Å². The van der Waals surface area contributed by atoms with E-state index in [0.29, 0.717) is 24.7 Å². The second-order valence-corrected chi connectivity index (χ2v) is 4.39. The molecular formula is C12H16N6O3. The van der Waals surface area contributed by atoms with Crippen LogP contribution in [0.5, 0.6) is 0 Å². The summed E-state index contributed by atoms with van der Waals surface area (Å²) in [5, 5.41) is 25.5. The Bertz CT molecular complexity index is 597. The van der Waals surface area contributed by atoms with E-state index in [9.17, 15) is 10.1 Å². The first kappa shape index (κ1) is 15.0. The van der Waals surface area contributed by atoms with Gasteiger partial charge < -0.3 is 10.1 Å². The monoisotopic (exact) mass is 292 g/mol. The lowest BCUT2D eigenvalue weighted by Crippen LogP contribution is -2.25. The highest BCUT2D eigenvalue weighted by Crippen LogP contribution is 2.17. The zero-order chi connectivity index (χ0) is 15.2. The van der Waals surface area contributed by atoms with Crippen LogP contribution in [0.25, 0.3) is 5.69 Å². The van der Waals surface area contributed by atoms with Crippen LogP contribution in [0, 0.1) is 10.1 Å². The highest BCUT2D eigenvalue weighted by Gasteiger charge is 2.16. The molecule has 0 aliphatic heterocycles. The quantitative estimate of drug-likeness (QED) is 0.458. The third kappa shape index (κ3) is 3.58. The topological polar surface area (TPSA) is 108 Å². The van der Waals surface area contributed by atoms with Crippen LogP contribution in [0.3, 0.4) is 0 Å². The predicted molar refractivity (Wildman–Crippen MR) is 74.1 cm³/mol. The lowest BCUT2D eigenvalue weighted by molar-refractivity contribution is -0.384. The summed E-state index contributed by atoms with van der Waals surface area (Å²) < 4.78 is 6.53. The van der Waals surface area contributed by atoms with Crippen molar-refractivity contribution in [1.82, 2.24) is 25.5 Å². The number of nitro groups is 1. The molecule has 1 aromatic carbocycles. The Morgan fingerprint density at radius 1 is 1.43 bits per heavy atom. The van der Waals surface area contributed by atoms with Gasteiger partial charge in [-0.25, -0.2) is 0 Å². The molecule has 2 rings (SSSR count). The Morgan fingerprint density at radius 3 is 2.76 bits per heavy atom. The molecule has 0 radical (unpaired) electrons. The molecule has 1 atom stereocenters. The zero-order valence-electron chi connectivity index (χ0n) is 11.8. The molecule has 0 bridgehead atoms. The van der Waals surface area contributed by atoms with Gasteiger partial charge in [0.1, 0.15) is 0 Å². The fourth-order valence-electron chi connectivity index (χ4n) is 1.83. The molecule has 0 amide bonds. The van der Waals surface area contributed by atoms with Gasteiger partial charge in [-0.05, 0) is 29.5 Å². The van der Waals surface area contributed by atoms with E-state index in [1.54, 1.807) is 23.9 Å². The van der Waals surface area contributed by atoms with Crippen LogP contribution in [0.4, 0.5) is 5.69 Å². The summed E-state index contributed by atoms with van der Waals surface area (Å²) in [6, 6.07) is 5.98. The summed E-state index contributed by atoms with van der Waals surface area (Å²) >= 11 is 0. The number of nitrogens with zero attached hydrogens (tertiary/aromatic N) is 5. The van der Waals surface area contributed by atoms with E-state index >= 15 is 0 Å². The van der Waals surface area contributed by atoms with Crippen molar-refractivity contribution in [3.05, 3.63) is 40.2 Å². The van der Waals surface area contributed by atoms with Crippen molar-refractivity contribution in [3.8, 4) is 5.69 Å². The number of tetrazole rings is 1. The smallest absolute Gasteiger partial charge is 0.269 e. The van der Waals surface area contributed by atoms with Crippen molar-refractivity contribution in [2.45, 2.75) is 13.0 Å². The number of hydrogen-bond acceptors (Lipinski definition) is 7. The number of aromatic nitrogens is 4. The Morgan fingerprint density at radius 2 is 2.14 bits per heavy atom. The molecule has 1 unspecified atom stereocenters. The first-order valence-corrected chi connectivity index (χ1v) is 6.39. The fraction of sp³-hybridized carbons (Fsp3) is 0.417. The predicted octanol–water partition coefficient (Wildman–Crippen LogP) is 0.867. The van der Waals surface area contributed by atoms with E-state index in [1.165, 1.54) is 12.1 Å². The fourth-order valence-corrected chi connectivity index (χ4v) is 1.83. The molecule has 0 aliphatic rings. The highest BCUT2D eigenvalue weighted by molar-refractivity contribution is 5.40. The molecule has 1 N–H and O–H groups in total. The summed E-state index contributed by atoms with van der Waals surface area (Å²) in [5.74, 6) is 0.625. The van der Waals surface area contributed by atoms with Gasteiger partial charge >= 0.3 is 0 Å². The average molecular weight is 292 g/mol. The minimum absolute atomic E-state index is 0.0274. The Kier molecular flexibility index (Phi) is 4.90. The van der Waals surface area contributed by atoms with E-state index in [0.717, 1.165) is 0 Å². The van der Waals surface area contributed by atoms with Gasteiger partial charge in [-0.2, -0.15) is 4.68 Å². The molecule has 1 aromatic heterocycles. The van der Waals surface area contributed by atoms with Gasteiger partial charge in [0.15, 0.2) is 5.82 Å². The highest BCUT2D eigenvalue weighted by atomic mass is 16.6. The van der Waals surface area contributed by atoms with Gasteiger partial charge in [0.25, 0.3) is 5.69 Å². The standard InChI is InChI=1S/C12H16N6O3/c1-9(13-7-8-21-2)12-14-15-16-17(12)10-3-5-11(6-4-10)18(19)20/h3-6,9,13H,7-8H2,1-2H3. The van der Waals surface area contributed by atoms with E-state index in [-0.39, 0.29) is 11.7 Å². The van der Waals surface area contributed by atoms with E-state index in [4.69, 9.17) is 4.74 Å². The van der Waals surface area contributed by atoms with Crippen molar-refractivity contribution in [2.24, 2.45) is 0 Å². The van der Waals surface area contributed by atoms with Crippen molar-refractivity contribution in [3.63, 3.8) is 0 Å². The largest absolute Gasteiger partial charge is 0.383 e. The lowest BCUT2D eigenvalue weighted by Gasteiger charge is -2.13. The number of ether oxygens (including phenoxy) is 1. The van der Waals surface area contributed by atoms with Gasteiger partial charge in [0, 0.05) is 25.8 Å². The molecule has 2 aromatic rings. The van der Waals surface area contributed by atoms with Crippen molar-refractivity contribution >= 4 is 5.69 Å². The first-order valence-electron chi connectivity index (χ1n) is 6.39. The Balaban J connectivity index is 2.17. The second kappa shape index (κ2) is 6.86.